The number of hydrogen-bond donors (Lipinski definition) is 2. The summed E-state index contributed by atoms with van der Waals surface area (Å²) >= 11 is 0. The second-order valence-electron chi connectivity index (χ2n) is 12.7. The monoisotopic (exact) mass is 604 g/mol. The minimum Gasteiger partial charge on any atom is -0.444 e. The molecule has 13 heteroatoms. The third kappa shape index (κ3) is 6.11. The van der Waals surface area contributed by atoms with E-state index in [0.717, 1.165) is 47.2 Å². The molecule has 0 saturated carbocycles. The lowest BCUT2D eigenvalue weighted by molar-refractivity contribution is -0.0368. The number of amides is 1. The van der Waals surface area contributed by atoms with Crippen molar-refractivity contribution in [2.75, 3.05) is 25.0 Å². The summed E-state index contributed by atoms with van der Waals surface area (Å²) in [6, 6.07) is 3.69. The van der Waals surface area contributed by atoms with E-state index in [9.17, 15) is 9.90 Å². The fraction of sp³-hybridized carbons (Fsp3) is 0.548. The normalized spacial score (nSPS) is 21.1. The Balaban J connectivity index is 1.34. The van der Waals surface area contributed by atoms with Crippen LogP contribution in [0.15, 0.2) is 22.9 Å². The Bertz CT molecular complexity index is 1650. The Kier molecular flexibility index (Phi) is 8.01. The minimum atomic E-state index is -0.702. The number of rotatable bonds is 5. The molecule has 4 aromatic rings. The van der Waals surface area contributed by atoms with E-state index in [-0.39, 0.29) is 18.8 Å². The molecule has 2 aliphatic heterocycles. The quantitative estimate of drug-likeness (QED) is 0.318. The molecule has 6 heterocycles. The summed E-state index contributed by atoms with van der Waals surface area (Å²) in [7, 11) is 0. The number of aliphatic hydroxyl groups excluding tert-OH is 1. The van der Waals surface area contributed by atoms with Crippen LogP contribution in [0.25, 0.3) is 33.7 Å². The summed E-state index contributed by atoms with van der Waals surface area (Å²) in [5, 5.41) is 23.9. The second-order valence-corrected chi connectivity index (χ2v) is 12.7. The molecule has 0 aromatic carbocycles. The number of aliphatic hydroxyl groups is 1. The van der Waals surface area contributed by atoms with E-state index in [1.54, 1.807) is 6.20 Å². The van der Waals surface area contributed by atoms with Crippen molar-refractivity contribution >= 4 is 23.1 Å². The molecule has 6 rings (SSSR count). The van der Waals surface area contributed by atoms with Crippen molar-refractivity contribution in [3.05, 3.63) is 35.3 Å². The molecule has 13 nitrogen and oxygen atoms in total. The van der Waals surface area contributed by atoms with Gasteiger partial charge in [0.15, 0.2) is 11.9 Å². The molecule has 44 heavy (non-hydrogen) atoms. The van der Waals surface area contributed by atoms with Gasteiger partial charge in [0.05, 0.1) is 35.3 Å². The average molecular weight is 605 g/mol. The number of β-amino-alcohol motifs (C(OH)–C–C–N with tert-alkyl or cyclic N) is 1. The molecule has 2 aliphatic rings. The van der Waals surface area contributed by atoms with Gasteiger partial charge in [-0.15, -0.1) is 0 Å². The predicted octanol–water partition coefficient (Wildman–Crippen LogP) is 4.95. The zero-order valence-electron chi connectivity index (χ0n) is 26.1. The van der Waals surface area contributed by atoms with Crippen LogP contribution in [-0.4, -0.2) is 83.4 Å². The number of carbonyl (C=O) groups is 1. The second kappa shape index (κ2) is 11.8. The van der Waals surface area contributed by atoms with Crippen LogP contribution in [0.1, 0.15) is 69.7 Å². The van der Waals surface area contributed by atoms with E-state index >= 15 is 0 Å². The highest BCUT2D eigenvalue weighted by atomic mass is 16.6. The first-order chi connectivity index (χ1) is 21.0. The Morgan fingerprint density at radius 3 is 2.64 bits per heavy atom. The van der Waals surface area contributed by atoms with Crippen LogP contribution in [0.5, 0.6) is 0 Å². The van der Waals surface area contributed by atoms with Crippen molar-refractivity contribution in [1.29, 1.82) is 0 Å². The van der Waals surface area contributed by atoms with Crippen LogP contribution in [0.4, 0.5) is 10.7 Å². The van der Waals surface area contributed by atoms with Gasteiger partial charge in [-0.1, -0.05) is 5.16 Å². The number of carbonyl (C=O) groups excluding carboxylic acids is 1. The van der Waals surface area contributed by atoms with Gasteiger partial charge in [0, 0.05) is 30.8 Å². The molecule has 0 aliphatic carbocycles. The zero-order chi connectivity index (χ0) is 31.2. The summed E-state index contributed by atoms with van der Waals surface area (Å²) < 4.78 is 19.0. The molecule has 4 aromatic heterocycles. The van der Waals surface area contributed by atoms with Crippen molar-refractivity contribution in [2.24, 2.45) is 0 Å². The van der Waals surface area contributed by atoms with Gasteiger partial charge >= 0.3 is 6.09 Å². The van der Waals surface area contributed by atoms with Gasteiger partial charge in [0.25, 0.3) is 0 Å². The number of aryl methyl sites for hydroxylation is 3. The Morgan fingerprint density at radius 2 is 1.93 bits per heavy atom. The Morgan fingerprint density at radius 1 is 1.11 bits per heavy atom. The first kappa shape index (κ1) is 29.9. The fourth-order valence-electron chi connectivity index (χ4n) is 5.88. The van der Waals surface area contributed by atoms with Gasteiger partial charge in [-0.25, -0.2) is 24.4 Å². The van der Waals surface area contributed by atoms with Crippen molar-refractivity contribution in [1.82, 2.24) is 34.8 Å². The van der Waals surface area contributed by atoms with Gasteiger partial charge in [-0.05, 0) is 84.9 Å². The molecule has 234 valence electrons. The highest BCUT2D eigenvalue weighted by Gasteiger charge is 2.32. The number of anilines is 1. The maximum atomic E-state index is 12.7. The first-order valence-corrected chi connectivity index (χ1v) is 15.2. The maximum Gasteiger partial charge on any atom is 0.410 e. The lowest BCUT2D eigenvalue weighted by Gasteiger charge is -2.36. The van der Waals surface area contributed by atoms with Gasteiger partial charge in [0.2, 0.25) is 5.95 Å². The molecule has 0 radical (unpaired) electrons. The molecular weight excluding hydrogens is 564 g/mol. The van der Waals surface area contributed by atoms with E-state index in [1.165, 1.54) is 4.90 Å². The van der Waals surface area contributed by atoms with Crippen LogP contribution >= 0.6 is 0 Å². The molecule has 0 bridgehead atoms. The van der Waals surface area contributed by atoms with E-state index < -0.39 is 17.8 Å². The lowest BCUT2D eigenvalue weighted by Crippen LogP contribution is -2.52. The molecule has 1 unspecified atom stereocenters. The molecule has 2 N–H and O–H groups in total. The summed E-state index contributed by atoms with van der Waals surface area (Å²) in [5.41, 5.74) is 4.64. The molecule has 2 fully saturated rings. The van der Waals surface area contributed by atoms with Crippen LogP contribution < -0.4 is 5.32 Å². The average Bonchev–Trinajstić information content (AvgIpc) is 3.52. The minimum absolute atomic E-state index is 0.211. The fourth-order valence-corrected chi connectivity index (χ4v) is 5.88. The molecule has 3 atom stereocenters. The summed E-state index contributed by atoms with van der Waals surface area (Å²) in [6.45, 7) is 12.4. The third-order valence-corrected chi connectivity index (χ3v) is 7.88. The summed E-state index contributed by atoms with van der Waals surface area (Å²) in [6.07, 6.45) is 3.68. The van der Waals surface area contributed by atoms with E-state index in [1.807, 2.05) is 58.4 Å². The number of hydrogen-bond acceptors (Lipinski definition) is 11. The molecule has 0 spiro atoms. The summed E-state index contributed by atoms with van der Waals surface area (Å²) in [4.78, 5) is 28.7. The number of pyridine rings is 1. The third-order valence-electron chi connectivity index (χ3n) is 7.88. The smallest absolute Gasteiger partial charge is 0.410 e. The number of aromatic nitrogens is 6. The lowest BCUT2D eigenvalue weighted by atomic mass is 10.0. The SMILES string of the molecule is Cc1cnc(N[C@H]2C[C@@H](O)CN(C(=O)OC(C)(C)C)C2)nc1-c1nn(C2CCCCO2)c2nc(-c3c(C)noc3C)ccc12. The Labute approximate surface area is 256 Å². The van der Waals surface area contributed by atoms with E-state index in [0.29, 0.717) is 48.3 Å². The van der Waals surface area contributed by atoms with Gasteiger partial charge in [0.1, 0.15) is 17.1 Å². The number of ether oxygens (including phenoxy) is 2. The number of likely N-dealkylation sites (tertiary alicyclic amines) is 1. The van der Waals surface area contributed by atoms with E-state index in [4.69, 9.17) is 29.1 Å². The van der Waals surface area contributed by atoms with Gasteiger partial charge < -0.3 is 29.3 Å². The van der Waals surface area contributed by atoms with Crippen molar-refractivity contribution in [3.63, 3.8) is 0 Å². The Hall–Kier alpha value is -4.10. The van der Waals surface area contributed by atoms with Crippen molar-refractivity contribution in [2.45, 2.75) is 91.2 Å². The highest BCUT2D eigenvalue weighted by Crippen LogP contribution is 2.35. The summed E-state index contributed by atoms with van der Waals surface area (Å²) in [5.74, 6) is 1.08. The molecule has 1 amide bonds. The van der Waals surface area contributed by atoms with Crippen molar-refractivity contribution < 1.29 is 23.9 Å². The topological polar surface area (TPSA) is 154 Å². The highest BCUT2D eigenvalue weighted by molar-refractivity contribution is 5.92. The van der Waals surface area contributed by atoms with Crippen LogP contribution in [0, 0.1) is 20.8 Å². The van der Waals surface area contributed by atoms with Gasteiger partial charge in [-0.3, -0.25) is 0 Å². The van der Waals surface area contributed by atoms with Crippen LogP contribution in [0.2, 0.25) is 0 Å². The molecule has 2 saturated heterocycles. The number of fused-ring (bicyclic) bond motifs is 1. The zero-order valence-corrected chi connectivity index (χ0v) is 26.1. The first-order valence-electron chi connectivity index (χ1n) is 15.2. The maximum absolute atomic E-state index is 12.7. The predicted molar refractivity (Wildman–Crippen MR) is 163 cm³/mol. The van der Waals surface area contributed by atoms with Gasteiger partial charge in [-0.2, -0.15) is 5.10 Å². The molecular formula is C31H40N8O5. The van der Waals surface area contributed by atoms with Crippen LogP contribution in [-0.2, 0) is 9.47 Å². The van der Waals surface area contributed by atoms with Crippen molar-refractivity contribution in [3.8, 4) is 22.6 Å². The van der Waals surface area contributed by atoms with E-state index in [2.05, 4.69) is 15.5 Å². The largest absolute Gasteiger partial charge is 0.444 e. The number of nitrogens with zero attached hydrogens (tertiary/aromatic N) is 7. The standard InChI is InChI=1S/C31H40N8O5/c1-17-14-32-29(33-20-13-21(40)16-38(15-20)30(41)43-31(4,5)6)35-26(17)27-22-10-11-23(25-18(2)37-44-19(25)3)34-28(22)39(36-27)24-9-7-8-12-42-24/h10-11,14,20-21,24,40H,7-9,12-13,15-16H2,1-6H3,(H,32,33,35)/t20-,21+,24?/m0/s1. The number of nitrogens with one attached hydrogen (secondary N) is 1. The van der Waals surface area contributed by atoms with Crippen LogP contribution in [0.3, 0.4) is 0 Å². The number of piperidine rings is 1.